The van der Waals surface area contributed by atoms with Gasteiger partial charge in [0.05, 0.1) is 42.3 Å². The molecule has 3 aromatic carbocycles. The van der Waals surface area contributed by atoms with E-state index in [4.69, 9.17) is 21.1 Å². The molecule has 3 aromatic rings. The van der Waals surface area contributed by atoms with Gasteiger partial charge in [0.2, 0.25) is 11.8 Å². The Bertz CT molecular complexity index is 1490. The molecule has 1 saturated heterocycles. The number of ether oxygens (including phenoxy) is 2. The Morgan fingerprint density at radius 1 is 0.775 bits per heavy atom. The minimum atomic E-state index is -4.73. The molecule has 1 saturated carbocycles. The van der Waals surface area contributed by atoms with E-state index in [1.54, 1.807) is 14.2 Å². The van der Waals surface area contributed by atoms with Gasteiger partial charge in [-0.05, 0) is 64.7 Å². The Hall–Kier alpha value is -4.04. The molecular formula is C31H23ClF3NO4. The second-order valence-electron chi connectivity index (χ2n) is 9.95. The molecule has 9 heteroatoms. The number of amides is 2. The molecule has 6 rings (SSSR count). The van der Waals surface area contributed by atoms with Crippen molar-refractivity contribution in [3.05, 3.63) is 106 Å². The summed E-state index contributed by atoms with van der Waals surface area (Å²) in [4.78, 5) is 28.4. The summed E-state index contributed by atoms with van der Waals surface area (Å²) in [6.45, 7) is 0. The predicted molar refractivity (Wildman–Crippen MR) is 144 cm³/mol. The SMILES string of the molecule is COc1ccc(C(=C2[C@H]3C=C[C@H]2[C@H]2C(=O)N(c4ccc(Cl)c(C(F)(F)F)c4)C(=O)[C@H]23)c2ccc(OC)cc2)cc1. The average molecular weight is 566 g/mol. The molecule has 2 bridgehead atoms. The lowest BCUT2D eigenvalue weighted by Gasteiger charge is -2.22. The topological polar surface area (TPSA) is 55.8 Å². The van der Waals surface area contributed by atoms with Gasteiger partial charge in [0.25, 0.3) is 0 Å². The van der Waals surface area contributed by atoms with Crippen LogP contribution in [-0.2, 0) is 15.8 Å². The number of fused-ring (bicyclic) bond motifs is 5. The van der Waals surface area contributed by atoms with Gasteiger partial charge in [0.1, 0.15) is 11.5 Å². The van der Waals surface area contributed by atoms with Crippen molar-refractivity contribution < 1.29 is 32.2 Å². The molecule has 2 aliphatic carbocycles. The van der Waals surface area contributed by atoms with E-state index in [2.05, 4.69) is 0 Å². The van der Waals surface area contributed by atoms with E-state index in [1.165, 1.54) is 6.07 Å². The maximum atomic E-state index is 13.7. The Morgan fingerprint density at radius 3 is 1.68 bits per heavy atom. The summed E-state index contributed by atoms with van der Waals surface area (Å²) in [5.41, 5.74) is 2.41. The molecule has 1 aliphatic heterocycles. The molecule has 4 atom stereocenters. The van der Waals surface area contributed by atoms with Gasteiger partial charge in [-0.25, -0.2) is 4.90 Å². The molecule has 3 aliphatic rings. The van der Waals surface area contributed by atoms with Gasteiger partial charge in [-0.3, -0.25) is 9.59 Å². The van der Waals surface area contributed by atoms with E-state index < -0.39 is 40.4 Å². The van der Waals surface area contributed by atoms with E-state index in [9.17, 15) is 22.8 Å². The first-order valence-corrected chi connectivity index (χ1v) is 13.0. The van der Waals surface area contributed by atoms with E-state index in [-0.39, 0.29) is 17.5 Å². The van der Waals surface area contributed by atoms with Crippen LogP contribution >= 0.6 is 11.6 Å². The van der Waals surface area contributed by atoms with Crippen molar-refractivity contribution in [2.45, 2.75) is 6.18 Å². The lowest BCUT2D eigenvalue weighted by molar-refractivity contribution is -0.137. The molecule has 0 spiro atoms. The van der Waals surface area contributed by atoms with Crippen LogP contribution in [0.15, 0.2) is 84.5 Å². The minimum Gasteiger partial charge on any atom is -0.497 e. The van der Waals surface area contributed by atoms with Crippen molar-refractivity contribution in [2.75, 3.05) is 19.1 Å². The second kappa shape index (κ2) is 9.55. The number of rotatable bonds is 5. The van der Waals surface area contributed by atoms with E-state index >= 15 is 0 Å². The largest absolute Gasteiger partial charge is 0.497 e. The smallest absolute Gasteiger partial charge is 0.417 e. The molecule has 2 fully saturated rings. The van der Waals surface area contributed by atoms with Gasteiger partial charge < -0.3 is 9.47 Å². The van der Waals surface area contributed by atoms with Crippen molar-refractivity contribution >= 4 is 34.7 Å². The number of carbonyl (C=O) groups excluding carboxylic acids is 2. The van der Waals surface area contributed by atoms with Gasteiger partial charge in [-0.2, -0.15) is 13.2 Å². The molecule has 0 radical (unpaired) electrons. The zero-order valence-corrected chi connectivity index (χ0v) is 22.2. The van der Waals surface area contributed by atoms with Crippen molar-refractivity contribution in [3.63, 3.8) is 0 Å². The third-order valence-electron chi connectivity index (χ3n) is 7.98. The number of methoxy groups -OCH3 is 2. The summed E-state index contributed by atoms with van der Waals surface area (Å²) in [5, 5.41) is -0.494. The fraction of sp³-hybridized carbons (Fsp3) is 0.226. The first-order chi connectivity index (χ1) is 19.1. The number of hydrogen-bond acceptors (Lipinski definition) is 4. The van der Waals surface area contributed by atoms with Crippen LogP contribution in [0.5, 0.6) is 11.5 Å². The van der Waals surface area contributed by atoms with Gasteiger partial charge >= 0.3 is 6.18 Å². The standard InChI is InChI=1S/C31H23ClF3NO4/c1-39-19-8-3-16(4-9-19)25(17-5-10-20(40-2)11-6-17)26-21-12-13-22(26)28-27(21)29(37)36(30(28)38)18-7-14-24(32)23(15-18)31(33,34)35/h3-15,21-22,27-28H,1-2H3/t21-,22-,27-,28+/m1/s1. The van der Waals surface area contributed by atoms with Crippen LogP contribution in [0.25, 0.3) is 5.57 Å². The molecule has 1 heterocycles. The minimum absolute atomic E-state index is 0.128. The molecule has 5 nitrogen and oxygen atoms in total. The van der Waals surface area contributed by atoms with Crippen molar-refractivity contribution in [1.82, 2.24) is 0 Å². The molecule has 2 amide bonds. The highest BCUT2D eigenvalue weighted by Crippen LogP contribution is 2.59. The number of alkyl halides is 3. The van der Waals surface area contributed by atoms with Gasteiger partial charge in [0, 0.05) is 11.8 Å². The number of halogens is 4. The summed E-state index contributed by atoms with van der Waals surface area (Å²) in [6, 6.07) is 18.2. The third-order valence-corrected chi connectivity index (χ3v) is 8.30. The second-order valence-corrected chi connectivity index (χ2v) is 10.4. The highest BCUT2D eigenvalue weighted by atomic mass is 35.5. The molecule has 0 unspecified atom stereocenters. The zero-order valence-electron chi connectivity index (χ0n) is 21.4. The van der Waals surface area contributed by atoms with Gasteiger partial charge in [0.15, 0.2) is 0 Å². The zero-order chi connectivity index (χ0) is 28.3. The number of hydrogen-bond donors (Lipinski definition) is 0. The third kappa shape index (κ3) is 4.01. The van der Waals surface area contributed by atoms with Crippen molar-refractivity contribution in [2.24, 2.45) is 23.7 Å². The van der Waals surface area contributed by atoms with E-state index in [0.717, 1.165) is 39.3 Å². The fourth-order valence-electron chi connectivity index (χ4n) is 6.24. The summed E-state index contributed by atoms with van der Waals surface area (Å²) in [7, 11) is 3.17. The van der Waals surface area contributed by atoms with E-state index in [1.807, 2.05) is 60.7 Å². The number of anilines is 1. The van der Waals surface area contributed by atoms with Crippen LogP contribution in [0.3, 0.4) is 0 Å². The first-order valence-electron chi connectivity index (χ1n) is 12.6. The van der Waals surface area contributed by atoms with Crippen LogP contribution < -0.4 is 14.4 Å². The summed E-state index contributed by atoms with van der Waals surface area (Å²) >= 11 is 5.78. The maximum Gasteiger partial charge on any atom is 0.417 e. The number of benzene rings is 3. The Morgan fingerprint density at radius 2 is 1.25 bits per heavy atom. The lowest BCUT2D eigenvalue weighted by Crippen LogP contribution is -2.33. The van der Waals surface area contributed by atoms with Crippen molar-refractivity contribution in [3.8, 4) is 11.5 Å². The molecule has 0 aromatic heterocycles. The molecule has 204 valence electrons. The normalized spacial score (nSPS) is 23.1. The van der Waals surface area contributed by atoms with Crippen molar-refractivity contribution in [1.29, 1.82) is 0 Å². The Kier molecular flexibility index (Phi) is 6.26. The summed E-state index contributed by atoms with van der Waals surface area (Å²) < 4.78 is 51.2. The number of imide groups is 1. The fourth-order valence-corrected chi connectivity index (χ4v) is 6.46. The monoisotopic (exact) mass is 565 g/mol. The highest BCUT2D eigenvalue weighted by molar-refractivity contribution is 6.31. The number of nitrogens with zero attached hydrogens (tertiary/aromatic N) is 1. The Labute approximate surface area is 233 Å². The maximum absolute atomic E-state index is 13.7. The highest BCUT2D eigenvalue weighted by Gasteiger charge is 2.62. The van der Waals surface area contributed by atoms with Crippen LogP contribution in [0.1, 0.15) is 16.7 Å². The van der Waals surface area contributed by atoms with Gasteiger partial charge in [-0.1, -0.05) is 48.0 Å². The first kappa shape index (κ1) is 26.2. The molecule has 0 N–H and O–H groups in total. The Balaban J connectivity index is 1.45. The van der Waals surface area contributed by atoms with Crippen LogP contribution in [0, 0.1) is 23.7 Å². The van der Waals surface area contributed by atoms with Gasteiger partial charge in [-0.15, -0.1) is 0 Å². The molecular weight excluding hydrogens is 543 g/mol. The van der Waals surface area contributed by atoms with Crippen LogP contribution in [-0.4, -0.2) is 26.0 Å². The quantitative estimate of drug-likeness (QED) is 0.252. The van der Waals surface area contributed by atoms with Crippen LogP contribution in [0.2, 0.25) is 5.02 Å². The summed E-state index contributed by atoms with van der Waals surface area (Å²) in [5.74, 6) is -1.84. The number of allylic oxidation sites excluding steroid dienone is 3. The van der Waals surface area contributed by atoms with Crippen LogP contribution in [0.4, 0.5) is 18.9 Å². The summed E-state index contributed by atoms with van der Waals surface area (Å²) in [6.07, 6.45) is -0.852. The average Bonchev–Trinajstić information content (AvgIpc) is 3.58. The predicted octanol–water partition coefficient (Wildman–Crippen LogP) is 6.80. The van der Waals surface area contributed by atoms with E-state index in [0.29, 0.717) is 11.5 Å². The molecule has 40 heavy (non-hydrogen) atoms. The number of carbonyl (C=O) groups is 2. The lowest BCUT2D eigenvalue weighted by atomic mass is 9.85.